The number of nitrogens with zero attached hydrogens (tertiary/aromatic N) is 2. The highest BCUT2D eigenvalue weighted by Crippen LogP contribution is 2.16. The van der Waals surface area contributed by atoms with Crippen LogP contribution in [0.4, 0.5) is 0 Å². The number of benzene rings is 1. The number of hydrogen-bond donors (Lipinski definition) is 0. The Hall–Kier alpha value is -1.90. The van der Waals surface area contributed by atoms with Gasteiger partial charge in [-0.2, -0.15) is 0 Å². The topological polar surface area (TPSA) is 33.2 Å². The van der Waals surface area contributed by atoms with Gasteiger partial charge in [-0.15, -0.1) is 0 Å². The summed E-state index contributed by atoms with van der Waals surface area (Å²) >= 11 is 0. The zero-order valence-electron chi connectivity index (χ0n) is 9.60. The standard InChI is InChI=1S/C14H14N2O/c17-14-6-3-9-16(14)10-12-8-7-11-4-1-2-5-13(11)15-12/h1-2,4-5,7-8H,3,6,9-10H2. The van der Waals surface area contributed by atoms with Crippen LogP contribution >= 0.6 is 0 Å². The molecule has 0 bridgehead atoms. The fraction of sp³-hybridized carbons (Fsp3) is 0.286. The minimum Gasteiger partial charge on any atom is -0.337 e. The molecule has 1 aliphatic heterocycles. The molecule has 1 aromatic heterocycles. The van der Waals surface area contributed by atoms with Crippen LogP contribution in [-0.4, -0.2) is 22.3 Å². The van der Waals surface area contributed by atoms with Crippen LogP contribution in [0.5, 0.6) is 0 Å². The maximum absolute atomic E-state index is 11.5. The van der Waals surface area contributed by atoms with Crippen LogP contribution < -0.4 is 0 Å². The van der Waals surface area contributed by atoms with Gasteiger partial charge < -0.3 is 4.90 Å². The molecule has 0 unspecified atom stereocenters. The molecule has 0 spiro atoms. The first-order valence-corrected chi connectivity index (χ1v) is 5.95. The third-order valence-electron chi connectivity index (χ3n) is 3.18. The molecule has 0 radical (unpaired) electrons. The Kier molecular flexibility index (Phi) is 2.52. The maximum atomic E-state index is 11.5. The Morgan fingerprint density at radius 3 is 2.88 bits per heavy atom. The van der Waals surface area contributed by atoms with Gasteiger partial charge in [0.15, 0.2) is 0 Å². The summed E-state index contributed by atoms with van der Waals surface area (Å²) in [6.07, 6.45) is 1.67. The van der Waals surface area contributed by atoms with E-state index in [0.717, 1.165) is 29.6 Å². The number of para-hydroxylation sites is 1. The van der Waals surface area contributed by atoms with Gasteiger partial charge >= 0.3 is 0 Å². The van der Waals surface area contributed by atoms with Gasteiger partial charge in [0.1, 0.15) is 0 Å². The Balaban J connectivity index is 1.88. The molecule has 1 amide bonds. The van der Waals surface area contributed by atoms with Crippen molar-refractivity contribution in [1.82, 2.24) is 9.88 Å². The van der Waals surface area contributed by atoms with Crippen molar-refractivity contribution in [3.05, 3.63) is 42.1 Å². The quantitative estimate of drug-likeness (QED) is 0.787. The van der Waals surface area contributed by atoms with Crippen LogP contribution in [0.15, 0.2) is 36.4 Å². The monoisotopic (exact) mass is 226 g/mol. The molecule has 2 heterocycles. The van der Waals surface area contributed by atoms with Crippen molar-refractivity contribution in [2.45, 2.75) is 19.4 Å². The van der Waals surface area contributed by atoms with Crippen LogP contribution in [0.25, 0.3) is 10.9 Å². The summed E-state index contributed by atoms with van der Waals surface area (Å²) in [5.41, 5.74) is 1.97. The van der Waals surface area contributed by atoms with Crippen molar-refractivity contribution < 1.29 is 4.79 Å². The molecule has 1 aliphatic rings. The van der Waals surface area contributed by atoms with E-state index in [1.807, 2.05) is 35.2 Å². The predicted octanol–water partition coefficient (Wildman–Crippen LogP) is 2.36. The van der Waals surface area contributed by atoms with Crippen molar-refractivity contribution >= 4 is 16.8 Å². The third-order valence-corrected chi connectivity index (χ3v) is 3.18. The summed E-state index contributed by atoms with van der Waals surface area (Å²) in [7, 11) is 0. The highest BCUT2D eigenvalue weighted by molar-refractivity contribution is 5.79. The summed E-state index contributed by atoms with van der Waals surface area (Å²) in [5, 5.41) is 1.14. The Morgan fingerprint density at radius 2 is 2.06 bits per heavy atom. The molecule has 3 nitrogen and oxygen atoms in total. The molecule has 17 heavy (non-hydrogen) atoms. The van der Waals surface area contributed by atoms with E-state index in [1.54, 1.807) is 0 Å². The van der Waals surface area contributed by atoms with E-state index in [4.69, 9.17) is 0 Å². The largest absolute Gasteiger partial charge is 0.337 e. The van der Waals surface area contributed by atoms with Gasteiger partial charge in [0.25, 0.3) is 0 Å². The molecule has 1 aromatic carbocycles. The van der Waals surface area contributed by atoms with Gasteiger partial charge in [-0.3, -0.25) is 9.78 Å². The van der Waals surface area contributed by atoms with E-state index >= 15 is 0 Å². The Bertz CT molecular complexity index is 565. The Labute approximate surface area is 100 Å². The molecule has 0 aliphatic carbocycles. The molecule has 3 heteroatoms. The zero-order valence-corrected chi connectivity index (χ0v) is 9.60. The summed E-state index contributed by atoms with van der Waals surface area (Å²) in [4.78, 5) is 18.0. The smallest absolute Gasteiger partial charge is 0.222 e. The van der Waals surface area contributed by atoms with Gasteiger partial charge in [-0.1, -0.05) is 24.3 Å². The number of amides is 1. The SMILES string of the molecule is O=C1CCCN1Cc1ccc2ccccc2n1. The lowest BCUT2D eigenvalue weighted by molar-refractivity contribution is -0.128. The number of carbonyl (C=O) groups is 1. The molecule has 0 saturated carbocycles. The van der Waals surface area contributed by atoms with E-state index in [0.29, 0.717) is 13.0 Å². The fourth-order valence-corrected chi connectivity index (χ4v) is 2.26. The first kappa shape index (κ1) is 10.3. The minimum atomic E-state index is 0.250. The van der Waals surface area contributed by atoms with Crippen molar-refractivity contribution in [2.75, 3.05) is 6.54 Å². The van der Waals surface area contributed by atoms with E-state index in [1.165, 1.54) is 0 Å². The highest BCUT2D eigenvalue weighted by Gasteiger charge is 2.20. The average molecular weight is 226 g/mol. The molecule has 0 atom stereocenters. The number of carbonyl (C=O) groups excluding carboxylic acids is 1. The van der Waals surface area contributed by atoms with E-state index in [2.05, 4.69) is 11.1 Å². The zero-order chi connectivity index (χ0) is 11.7. The highest BCUT2D eigenvalue weighted by atomic mass is 16.2. The summed E-state index contributed by atoms with van der Waals surface area (Å²) in [5.74, 6) is 0.250. The fourth-order valence-electron chi connectivity index (χ4n) is 2.26. The third kappa shape index (κ3) is 2.00. The summed E-state index contributed by atoms with van der Waals surface area (Å²) in [6.45, 7) is 1.51. The lowest BCUT2D eigenvalue weighted by Crippen LogP contribution is -2.24. The van der Waals surface area contributed by atoms with Crippen molar-refractivity contribution in [3.8, 4) is 0 Å². The van der Waals surface area contributed by atoms with Gasteiger partial charge in [-0.05, 0) is 18.6 Å². The van der Waals surface area contributed by atoms with E-state index in [-0.39, 0.29) is 5.91 Å². The van der Waals surface area contributed by atoms with E-state index in [9.17, 15) is 4.79 Å². The van der Waals surface area contributed by atoms with Gasteiger partial charge in [-0.25, -0.2) is 0 Å². The summed E-state index contributed by atoms with van der Waals surface area (Å²) in [6, 6.07) is 12.1. The number of rotatable bonds is 2. The van der Waals surface area contributed by atoms with E-state index < -0.39 is 0 Å². The molecule has 86 valence electrons. The Morgan fingerprint density at radius 1 is 1.18 bits per heavy atom. The lowest BCUT2D eigenvalue weighted by atomic mass is 10.2. The van der Waals surface area contributed by atoms with Crippen molar-refractivity contribution in [3.63, 3.8) is 0 Å². The van der Waals surface area contributed by atoms with Crippen LogP contribution in [0, 0.1) is 0 Å². The summed E-state index contributed by atoms with van der Waals surface area (Å²) < 4.78 is 0. The van der Waals surface area contributed by atoms with Crippen LogP contribution in [0.2, 0.25) is 0 Å². The van der Waals surface area contributed by atoms with Crippen molar-refractivity contribution in [1.29, 1.82) is 0 Å². The normalized spacial score (nSPS) is 15.8. The molecule has 0 N–H and O–H groups in total. The van der Waals surface area contributed by atoms with Crippen LogP contribution in [0.3, 0.4) is 0 Å². The number of likely N-dealkylation sites (tertiary alicyclic amines) is 1. The second kappa shape index (κ2) is 4.17. The molecular formula is C14H14N2O. The second-order valence-electron chi connectivity index (χ2n) is 4.41. The van der Waals surface area contributed by atoms with Gasteiger partial charge in [0.2, 0.25) is 5.91 Å². The number of fused-ring (bicyclic) bond motifs is 1. The first-order valence-electron chi connectivity index (χ1n) is 5.95. The predicted molar refractivity (Wildman–Crippen MR) is 66.4 cm³/mol. The number of hydrogen-bond acceptors (Lipinski definition) is 2. The van der Waals surface area contributed by atoms with Gasteiger partial charge in [0.05, 0.1) is 17.8 Å². The van der Waals surface area contributed by atoms with Crippen molar-refractivity contribution in [2.24, 2.45) is 0 Å². The lowest BCUT2D eigenvalue weighted by Gasteiger charge is -2.14. The van der Waals surface area contributed by atoms with Gasteiger partial charge in [0, 0.05) is 18.4 Å². The number of aromatic nitrogens is 1. The second-order valence-corrected chi connectivity index (χ2v) is 4.41. The minimum absolute atomic E-state index is 0.250. The molecular weight excluding hydrogens is 212 g/mol. The average Bonchev–Trinajstić information content (AvgIpc) is 2.75. The van der Waals surface area contributed by atoms with Crippen LogP contribution in [0.1, 0.15) is 18.5 Å². The maximum Gasteiger partial charge on any atom is 0.222 e. The first-order chi connectivity index (χ1) is 8.33. The molecule has 2 aromatic rings. The number of pyridine rings is 1. The molecule has 1 fully saturated rings. The molecule has 3 rings (SSSR count). The molecule has 1 saturated heterocycles. The van der Waals surface area contributed by atoms with Crippen LogP contribution in [-0.2, 0) is 11.3 Å².